The lowest BCUT2D eigenvalue weighted by atomic mass is 10.1. The van der Waals surface area contributed by atoms with Crippen LogP contribution in [-0.4, -0.2) is 30.5 Å². The van der Waals surface area contributed by atoms with Gasteiger partial charge in [-0.3, -0.25) is 4.79 Å². The number of halogens is 1. The van der Waals surface area contributed by atoms with Crippen LogP contribution in [0, 0.1) is 6.92 Å². The van der Waals surface area contributed by atoms with Crippen molar-refractivity contribution in [1.29, 1.82) is 0 Å². The van der Waals surface area contributed by atoms with Gasteiger partial charge < -0.3 is 14.1 Å². The minimum atomic E-state index is -0.152. The number of aryl methyl sites for hydroxylation is 1. The molecule has 4 nitrogen and oxygen atoms in total. The van der Waals surface area contributed by atoms with Crippen molar-refractivity contribution in [2.24, 2.45) is 0 Å². The van der Waals surface area contributed by atoms with Gasteiger partial charge in [0.15, 0.2) is 5.76 Å². The number of carbonyl (C=O) groups excluding carboxylic acids is 1. The maximum Gasteiger partial charge on any atom is 0.289 e. The monoisotopic (exact) mass is 355 g/mol. The molecule has 5 heteroatoms. The van der Waals surface area contributed by atoms with E-state index in [-0.39, 0.29) is 12.0 Å². The molecule has 0 bridgehead atoms. The van der Waals surface area contributed by atoms with Gasteiger partial charge in [0.1, 0.15) is 11.7 Å². The SMILES string of the molecule is Cc1cccc2cc(C(=O)N3CCO[C@H](c4ccc(Cl)cc4)C3)oc12. The molecule has 4 rings (SSSR count). The second-order valence-electron chi connectivity index (χ2n) is 6.27. The summed E-state index contributed by atoms with van der Waals surface area (Å²) < 4.78 is 11.7. The van der Waals surface area contributed by atoms with E-state index in [9.17, 15) is 4.79 Å². The van der Waals surface area contributed by atoms with E-state index in [2.05, 4.69) is 0 Å². The molecule has 0 aliphatic carbocycles. The molecule has 0 spiro atoms. The van der Waals surface area contributed by atoms with Gasteiger partial charge >= 0.3 is 0 Å². The second kappa shape index (κ2) is 6.54. The van der Waals surface area contributed by atoms with Crippen molar-refractivity contribution in [1.82, 2.24) is 4.90 Å². The highest BCUT2D eigenvalue weighted by molar-refractivity contribution is 6.30. The number of rotatable bonds is 2. The fourth-order valence-electron chi connectivity index (χ4n) is 3.18. The zero-order chi connectivity index (χ0) is 17.4. The van der Waals surface area contributed by atoms with Crippen LogP contribution in [0.2, 0.25) is 5.02 Å². The first-order chi connectivity index (χ1) is 12.1. The van der Waals surface area contributed by atoms with Gasteiger partial charge in [0.05, 0.1) is 13.2 Å². The maximum atomic E-state index is 12.9. The number of carbonyl (C=O) groups is 1. The molecular formula is C20H18ClNO3. The van der Waals surface area contributed by atoms with Crippen LogP contribution in [-0.2, 0) is 4.74 Å². The van der Waals surface area contributed by atoms with Crippen molar-refractivity contribution in [3.63, 3.8) is 0 Å². The molecule has 2 aromatic carbocycles. The van der Waals surface area contributed by atoms with E-state index < -0.39 is 0 Å². The highest BCUT2D eigenvalue weighted by Gasteiger charge is 2.28. The molecule has 2 heterocycles. The number of para-hydroxylation sites is 1. The summed E-state index contributed by atoms with van der Waals surface area (Å²) in [6.45, 7) is 3.53. The van der Waals surface area contributed by atoms with E-state index in [1.165, 1.54) is 0 Å². The first-order valence-electron chi connectivity index (χ1n) is 8.27. The van der Waals surface area contributed by atoms with Crippen LogP contribution in [0.15, 0.2) is 52.9 Å². The van der Waals surface area contributed by atoms with Crippen LogP contribution in [0.1, 0.15) is 27.8 Å². The summed E-state index contributed by atoms with van der Waals surface area (Å²) in [4.78, 5) is 14.7. The number of ether oxygens (including phenoxy) is 1. The first kappa shape index (κ1) is 16.2. The number of amides is 1. The largest absolute Gasteiger partial charge is 0.451 e. The molecule has 1 aliphatic heterocycles. The quantitative estimate of drug-likeness (QED) is 0.674. The summed E-state index contributed by atoms with van der Waals surface area (Å²) in [6, 6.07) is 15.3. The summed E-state index contributed by atoms with van der Waals surface area (Å²) in [6.07, 6.45) is -0.152. The number of hydrogen-bond donors (Lipinski definition) is 0. The van der Waals surface area contributed by atoms with Crippen LogP contribution in [0.4, 0.5) is 0 Å². The fraction of sp³-hybridized carbons (Fsp3) is 0.250. The molecule has 1 amide bonds. The van der Waals surface area contributed by atoms with Gasteiger partial charge in [-0.15, -0.1) is 0 Å². The van der Waals surface area contributed by atoms with Crippen molar-refractivity contribution in [3.8, 4) is 0 Å². The number of benzene rings is 2. The average molecular weight is 356 g/mol. The highest BCUT2D eigenvalue weighted by atomic mass is 35.5. The zero-order valence-electron chi connectivity index (χ0n) is 13.9. The topological polar surface area (TPSA) is 42.7 Å². The standard InChI is InChI=1S/C20H18ClNO3/c1-13-3-2-4-15-11-17(25-19(13)15)20(23)22-9-10-24-18(12-22)14-5-7-16(21)8-6-14/h2-8,11,18H,9-10,12H2,1H3/t18-/m0/s1. The molecule has 1 fully saturated rings. The normalized spacial score (nSPS) is 17.8. The van der Waals surface area contributed by atoms with E-state index in [0.717, 1.165) is 22.1 Å². The van der Waals surface area contributed by atoms with Crippen molar-refractivity contribution >= 4 is 28.5 Å². The molecule has 1 aliphatic rings. The third kappa shape index (κ3) is 3.15. The lowest BCUT2D eigenvalue weighted by Gasteiger charge is -2.32. The number of fused-ring (bicyclic) bond motifs is 1. The first-order valence-corrected chi connectivity index (χ1v) is 8.65. The Hall–Kier alpha value is -2.30. The molecule has 25 heavy (non-hydrogen) atoms. The van der Waals surface area contributed by atoms with Gasteiger partial charge in [0.2, 0.25) is 0 Å². The van der Waals surface area contributed by atoms with E-state index in [4.69, 9.17) is 20.8 Å². The average Bonchev–Trinajstić information content (AvgIpc) is 3.07. The number of nitrogens with zero attached hydrogens (tertiary/aromatic N) is 1. The smallest absolute Gasteiger partial charge is 0.289 e. The zero-order valence-corrected chi connectivity index (χ0v) is 14.6. The third-order valence-electron chi connectivity index (χ3n) is 4.55. The second-order valence-corrected chi connectivity index (χ2v) is 6.70. The number of furan rings is 1. The Labute approximate surface area is 150 Å². The van der Waals surface area contributed by atoms with Gasteiger partial charge in [-0.1, -0.05) is 41.9 Å². The number of morpholine rings is 1. The Morgan fingerprint density at radius 2 is 2.00 bits per heavy atom. The highest BCUT2D eigenvalue weighted by Crippen LogP contribution is 2.27. The van der Waals surface area contributed by atoms with Crippen LogP contribution < -0.4 is 0 Å². The summed E-state index contributed by atoms with van der Waals surface area (Å²) in [5, 5.41) is 1.64. The molecule has 1 saturated heterocycles. The van der Waals surface area contributed by atoms with E-state index >= 15 is 0 Å². The summed E-state index contributed by atoms with van der Waals surface area (Å²) in [7, 11) is 0. The molecule has 1 atom stereocenters. The van der Waals surface area contributed by atoms with Gasteiger partial charge in [-0.05, 0) is 36.2 Å². The minimum absolute atomic E-state index is 0.0992. The maximum absolute atomic E-state index is 12.9. The summed E-state index contributed by atoms with van der Waals surface area (Å²) in [5.74, 6) is 0.277. The van der Waals surface area contributed by atoms with E-state index in [0.29, 0.717) is 30.5 Å². The Bertz CT molecular complexity index is 916. The predicted octanol–water partition coefficient (Wildman–Crippen LogP) is 4.61. The molecule has 0 N–H and O–H groups in total. The van der Waals surface area contributed by atoms with Crippen LogP contribution in [0.25, 0.3) is 11.0 Å². The van der Waals surface area contributed by atoms with Crippen molar-refractivity contribution in [3.05, 3.63) is 70.4 Å². The Morgan fingerprint density at radius 1 is 1.20 bits per heavy atom. The lowest BCUT2D eigenvalue weighted by Crippen LogP contribution is -2.42. The molecule has 3 aromatic rings. The van der Waals surface area contributed by atoms with Crippen LogP contribution in [0.5, 0.6) is 0 Å². The number of hydrogen-bond acceptors (Lipinski definition) is 3. The minimum Gasteiger partial charge on any atom is -0.451 e. The molecule has 128 valence electrons. The Balaban J connectivity index is 1.56. The summed E-state index contributed by atoms with van der Waals surface area (Å²) >= 11 is 5.94. The predicted molar refractivity (Wildman–Crippen MR) is 97.0 cm³/mol. The summed E-state index contributed by atoms with van der Waals surface area (Å²) in [5.41, 5.74) is 2.81. The fourth-order valence-corrected chi connectivity index (χ4v) is 3.31. The van der Waals surface area contributed by atoms with Gasteiger partial charge in [-0.2, -0.15) is 0 Å². The van der Waals surface area contributed by atoms with E-state index in [1.807, 2.05) is 55.5 Å². The van der Waals surface area contributed by atoms with Gasteiger partial charge in [0, 0.05) is 17.0 Å². The molecule has 0 radical (unpaired) electrons. The Kier molecular flexibility index (Phi) is 4.24. The molecule has 1 aromatic heterocycles. The molecule has 0 saturated carbocycles. The van der Waals surface area contributed by atoms with Crippen LogP contribution >= 0.6 is 11.6 Å². The van der Waals surface area contributed by atoms with Gasteiger partial charge in [-0.25, -0.2) is 0 Å². The van der Waals surface area contributed by atoms with Crippen molar-refractivity contribution in [2.45, 2.75) is 13.0 Å². The lowest BCUT2D eigenvalue weighted by molar-refractivity contribution is -0.0237. The van der Waals surface area contributed by atoms with Crippen LogP contribution in [0.3, 0.4) is 0 Å². The molecule has 0 unspecified atom stereocenters. The Morgan fingerprint density at radius 3 is 2.76 bits per heavy atom. The van der Waals surface area contributed by atoms with Gasteiger partial charge in [0.25, 0.3) is 5.91 Å². The molecular weight excluding hydrogens is 338 g/mol. The van der Waals surface area contributed by atoms with E-state index in [1.54, 1.807) is 4.90 Å². The van der Waals surface area contributed by atoms with Crippen molar-refractivity contribution in [2.75, 3.05) is 19.7 Å². The van der Waals surface area contributed by atoms with Crippen molar-refractivity contribution < 1.29 is 13.9 Å². The third-order valence-corrected chi connectivity index (χ3v) is 4.80.